The fourth-order valence-electron chi connectivity index (χ4n) is 4.14. The van der Waals surface area contributed by atoms with Gasteiger partial charge in [0.15, 0.2) is 0 Å². The zero-order valence-electron chi connectivity index (χ0n) is 14.8. The number of carbonyl (C=O) groups is 3. The second kappa shape index (κ2) is 6.72. The lowest BCUT2D eigenvalue weighted by Gasteiger charge is -2.38. The molecule has 0 unspecified atom stereocenters. The quantitative estimate of drug-likeness (QED) is 0.790. The van der Waals surface area contributed by atoms with Crippen LogP contribution in [0.5, 0.6) is 0 Å². The molecule has 26 heavy (non-hydrogen) atoms. The van der Waals surface area contributed by atoms with Gasteiger partial charge >= 0.3 is 6.03 Å². The summed E-state index contributed by atoms with van der Waals surface area (Å²) in [5.41, 5.74) is 1.89. The van der Waals surface area contributed by atoms with Crippen LogP contribution in [0.2, 0.25) is 0 Å². The van der Waals surface area contributed by atoms with Crippen molar-refractivity contribution in [3.63, 3.8) is 0 Å². The molecule has 0 saturated carbocycles. The van der Waals surface area contributed by atoms with E-state index in [0.717, 1.165) is 44.6 Å². The summed E-state index contributed by atoms with van der Waals surface area (Å²) in [7, 11) is 0. The lowest BCUT2D eigenvalue weighted by molar-refractivity contribution is -0.125. The highest BCUT2D eigenvalue weighted by atomic mass is 16.2. The molecule has 3 heterocycles. The number of rotatable bonds is 3. The minimum atomic E-state index is -0.362. The zero-order chi connectivity index (χ0) is 18.1. The van der Waals surface area contributed by atoms with Crippen molar-refractivity contribution >= 4 is 17.8 Å². The minimum absolute atomic E-state index is 0.0569. The van der Waals surface area contributed by atoms with E-state index in [-0.39, 0.29) is 30.9 Å². The molecular weight excluding hydrogens is 332 g/mol. The lowest BCUT2D eigenvalue weighted by Crippen LogP contribution is -2.44. The van der Waals surface area contributed by atoms with E-state index < -0.39 is 0 Å². The molecule has 1 spiro atoms. The molecule has 1 aromatic carbocycles. The van der Waals surface area contributed by atoms with Crippen molar-refractivity contribution in [3.8, 4) is 0 Å². The topological polar surface area (TPSA) is 81.8 Å². The summed E-state index contributed by atoms with van der Waals surface area (Å²) in [5.74, 6) is -0.161. The largest absolute Gasteiger partial charge is 0.339 e. The Balaban J connectivity index is 1.37. The van der Waals surface area contributed by atoms with Gasteiger partial charge in [0.05, 0.1) is 13.1 Å². The molecule has 0 radical (unpaired) electrons. The number of benzene rings is 1. The fraction of sp³-hybridized carbons (Fsp3) is 0.526. The molecule has 0 bridgehead atoms. The maximum Gasteiger partial charge on any atom is 0.324 e. The van der Waals surface area contributed by atoms with Gasteiger partial charge in [0.2, 0.25) is 5.91 Å². The summed E-state index contributed by atoms with van der Waals surface area (Å²) in [6, 6.07) is 6.85. The van der Waals surface area contributed by atoms with E-state index in [1.165, 1.54) is 11.3 Å². The van der Waals surface area contributed by atoms with Gasteiger partial charge < -0.3 is 15.5 Å². The molecule has 4 rings (SSSR count). The number of carbonyl (C=O) groups excluding carboxylic acids is 3. The van der Waals surface area contributed by atoms with E-state index >= 15 is 0 Å². The van der Waals surface area contributed by atoms with Gasteiger partial charge in [0.25, 0.3) is 5.91 Å². The van der Waals surface area contributed by atoms with Crippen molar-refractivity contribution in [2.45, 2.75) is 25.8 Å². The molecule has 2 N–H and O–H groups in total. The number of nitrogens with one attached hydrogen (secondary N) is 2. The third-order valence-corrected chi connectivity index (χ3v) is 5.92. The smallest absolute Gasteiger partial charge is 0.324 e. The molecule has 0 atom stereocenters. The van der Waals surface area contributed by atoms with Crippen LogP contribution in [0.4, 0.5) is 4.79 Å². The van der Waals surface area contributed by atoms with Gasteiger partial charge in [-0.05, 0) is 48.9 Å². The van der Waals surface area contributed by atoms with E-state index in [0.29, 0.717) is 11.0 Å². The number of hydrogen-bond acceptors (Lipinski definition) is 4. The number of amides is 4. The predicted molar refractivity (Wildman–Crippen MR) is 95.4 cm³/mol. The van der Waals surface area contributed by atoms with Crippen LogP contribution in [0.3, 0.4) is 0 Å². The Labute approximate surface area is 152 Å². The molecule has 1 aromatic rings. The second-order valence-corrected chi connectivity index (χ2v) is 7.55. The maximum absolute atomic E-state index is 12.7. The van der Waals surface area contributed by atoms with Crippen LogP contribution in [0.15, 0.2) is 24.3 Å². The number of piperidine rings is 1. The molecule has 7 nitrogen and oxygen atoms in total. The monoisotopic (exact) mass is 356 g/mol. The molecule has 3 aliphatic rings. The summed E-state index contributed by atoms with van der Waals surface area (Å²) >= 11 is 0. The zero-order valence-corrected chi connectivity index (χ0v) is 14.8. The normalized spacial score (nSPS) is 22.2. The number of nitrogens with zero attached hydrogens (tertiary/aromatic N) is 2. The van der Waals surface area contributed by atoms with Crippen LogP contribution < -0.4 is 10.6 Å². The van der Waals surface area contributed by atoms with Crippen LogP contribution in [0.1, 0.15) is 35.2 Å². The predicted octanol–water partition coefficient (Wildman–Crippen LogP) is 0.954. The Morgan fingerprint density at radius 2 is 1.81 bits per heavy atom. The highest BCUT2D eigenvalue weighted by molar-refractivity contribution is 6.01. The highest BCUT2D eigenvalue weighted by Gasteiger charge is 2.38. The van der Waals surface area contributed by atoms with Crippen LogP contribution >= 0.6 is 0 Å². The van der Waals surface area contributed by atoms with Gasteiger partial charge in [-0.15, -0.1) is 0 Å². The van der Waals surface area contributed by atoms with Gasteiger partial charge in [-0.25, -0.2) is 4.79 Å². The second-order valence-electron chi connectivity index (χ2n) is 7.55. The van der Waals surface area contributed by atoms with Gasteiger partial charge in [-0.3, -0.25) is 14.5 Å². The fourth-order valence-corrected chi connectivity index (χ4v) is 4.14. The molecule has 0 aromatic heterocycles. The van der Waals surface area contributed by atoms with Gasteiger partial charge in [-0.1, -0.05) is 12.1 Å². The number of urea groups is 1. The lowest BCUT2D eigenvalue weighted by atomic mass is 9.78. The van der Waals surface area contributed by atoms with Crippen molar-refractivity contribution in [2.75, 3.05) is 32.7 Å². The first kappa shape index (κ1) is 17.0. The minimum Gasteiger partial charge on any atom is -0.339 e. The first-order chi connectivity index (χ1) is 12.6. The molecule has 3 fully saturated rings. The first-order valence-corrected chi connectivity index (χ1v) is 9.24. The Morgan fingerprint density at radius 3 is 2.38 bits per heavy atom. The number of hydrogen-bond donors (Lipinski definition) is 2. The van der Waals surface area contributed by atoms with Crippen molar-refractivity contribution in [1.29, 1.82) is 0 Å². The summed E-state index contributed by atoms with van der Waals surface area (Å²) in [5, 5.41) is 5.95. The van der Waals surface area contributed by atoms with E-state index in [4.69, 9.17) is 0 Å². The molecule has 138 valence electrons. The SMILES string of the molecule is O=C(c1ccc(CN2C(=O)CNC2=O)cc1)N1CCC2(CCNC2)CC1. The standard InChI is InChI=1S/C19H24N4O3/c24-16-11-21-18(26)23(16)12-14-1-3-15(4-2-14)17(25)22-9-6-19(7-10-22)5-8-20-13-19/h1-4,20H,5-13H2,(H,21,26). The first-order valence-electron chi connectivity index (χ1n) is 9.24. The molecule has 7 heteroatoms. The third kappa shape index (κ3) is 3.19. The molecule has 4 amide bonds. The molecule has 3 saturated heterocycles. The highest BCUT2D eigenvalue weighted by Crippen LogP contribution is 2.37. The van der Waals surface area contributed by atoms with Crippen LogP contribution in [-0.4, -0.2) is 60.4 Å². The van der Waals surface area contributed by atoms with E-state index in [1.54, 1.807) is 12.1 Å². The van der Waals surface area contributed by atoms with Crippen LogP contribution in [0, 0.1) is 5.41 Å². The third-order valence-electron chi connectivity index (χ3n) is 5.92. The van der Waals surface area contributed by atoms with Crippen molar-refractivity contribution in [2.24, 2.45) is 5.41 Å². The number of imide groups is 1. The van der Waals surface area contributed by atoms with Crippen molar-refractivity contribution in [1.82, 2.24) is 20.4 Å². The summed E-state index contributed by atoms with van der Waals surface area (Å²) in [4.78, 5) is 39.1. The Bertz CT molecular complexity index is 699. The van der Waals surface area contributed by atoms with E-state index in [2.05, 4.69) is 10.6 Å². The van der Waals surface area contributed by atoms with Gasteiger partial charge in [0.1, 0.15) is 0 Å². The van der Waals surface area contributed by atoms with E-state index in [9.17, 15) is 14.4 Å². The molecule has 0 aliphatic carbocycles. The summed E-state index contributed by atoms with van der Waals surface area (Å²) in [6.45, 7) is 4.08. The maximum atomic E-state index is 12.7. The summed E-state index contributed by atoms with van der Waals surface area (Å²) in [6.07, 6.45) is 3.35. The van der Waals surface area contributed by atoms with Crippen molar-refractivity contribution < 1.29 is 14.4 Å². The average molecular weight is 356 g/mol. The summed E-state index contributed by atoms with van der Waals surface area (Å²) < 4.78 is 0. The van der Waals surface area contributed by atoms with Gasteiger partial charge in [-0.2, -0.15) is 0 Å². The van der Waals surface area contributed by atoms with Crippen LogP contribution in [-0.2, 0) is 11.3 Å². The van der Waals surface area contributed by atoms with E-state index in [1.807, 2.05) is 17.0 Å². The Hall–Kier alpha value is -2.41. The Morgan fingerprint density at radius 1 is 1.08 bits per heavy atom. The Kier molecular flexibility index (Phi) is 4.40. The number of likely N-dealkylation sites (tertiary alicyclic amines) is 1. The van der Waals surface area contributed by atoms with Crippen LogP contribution in [0.25, 0.3) is 0 Å². The molecule has 3 aliphatic heterocycles. The van der Waals surface area contributed by atoms with Gasteiger partial charge in [0, 0.05) is 25.2 Å². The average Bonchev–Trinajstić information content (AvgIpc) is 3.24. The molecular formula is C19H24N4O3. The van der Waals surface area contributed by atoms with Crippen molar-refractivity contribution in [3.05, 3.63) is 35.4 Å².